The van der Waals surface area contributed by atoms with E-state index in [2.05, 4.69) is 20.4 Å². The lowest BCUT2D eigenvalue weighted by Crippen LogP contribution is -2.47. The number of rotatable bonds is 7. The van der Waals surface area contributed by atoms with E-state index in [9.17, 15) is 9.18 Å². The van der Waals surface area contributed by atoms with Crippen molar-refractivity contribution >= 4 is 16.8 Å². The molecule has 7 heteroatoms. The highest BCUT2D eigenvalue weighted by Gasteiger charge is 2.23. The summed E-state index contributed by atoms with van der Waals surface area (Å²) in [4.78, 5) is 15.4. The Morgan fingerprint density at radius 2 is 1.97 bits per heavy atom. The van der Waals surface area contributed by atoms with Gasteiger partial charge in [-0.05, 0) is 81.8 Å². The van der Waals surface area contributed by atoms with Crippen LogP contribution in [0.25, 0.3) is 22.2 Å². The van der Waals surface area contributed by atoms with Gasteiger partial charge in [-0.25, -0.2) is 4.39 Å². The highest BCUT2D eigenvalue weighted by Crippen LogP contribution is 2.29. The number of hydrogen-bond donors (Lipinski definition) is 2. The monoisotopic (exact) mass is 486 g/mol. The molecule has 1 amide bonds. The number of piperidine rings is 1. The lowest BCUT2D eigenvalue weighted by molar-refractivity contribution is 0.0900. The molecule has 0 aliphatic carbocycles. The lowest BCUT2D eigenvalue weighted by atomic mass is 10.0. The first-order valence-electron chi connectivity index (χ1n) is 12.5. The normalized spacial score (nSPS) is 16.4. The van der Waals surface area contributed by atoms with E-state index in [-0.39, 0.29) is 23.9 Å². The number of aromatic amines is 1. The highest BCUT2D eigenvalue weighted by atomic mass is 19.1. The molecule has 3 aromatic carbocycles. The largest absolute Gasteiger partial charge is 0.491 e. The summed E-state index contributed by atoms with van der Waals surface area (Å²) < 4.78 is 19.8. The van der Waals surface area contributed by atoms with Crippen LogP contribution in [-0.2, 0) is 6.54 Å². The van der Waals surface area contributed by atoms with Crippen LogP contribution in [0.4, 0.5) is 4.39 Å². The van der Waals surface area contributed by atoms with Crippen LogP contribution in [0.3, 0.4) is 0 Å². The van der Waals surface area contributed by atoms with Crippen molar-refractivity contribution in [2.24, 2.45) is 0 Å². The summed E-state index contributed by atoms with van der Waals surface area (Å²) in [5.74, 6) is 0.516. The fraction of sp³-hybridized carbons (Fsp3) is 0.310. The number of amides is 1. The Kier molecular flexibility index (Phi) is 7.00. The molecule has 1 aliphatic heterocycles. The summed E-state index contributed by atoms with van der Waals surface area (Å²) in [5.41, 5.74) is 3.90. The molecule has 1 aromatic heterocycles. The van der Waals surface area contributed by atoms with Crippen molar-refractivity contribution in [2.75, 3.05) is 13.1 Å². The van der Waals surface area contributed by atoms with E-state index < -0.39 is 0 Å². The molecule has 5 rings (SSSR count). The minimum absolute atomic E-state index is 0.0195. The second-order valence-electron chi connectivity index (χ2n) is 9.66. The van der Waals surface area contributed by atoms with Crippen molar-refractivity contribution < 1.29 is 13.9 Å². The zero-order chi connectivity index (χ0) is 25.1. The van der Waals surface area contributed by atoms with Gasteiger partial charge >= 0.3 is 0 Å². The fourth-order valence-corrected chi connectivity index (χ4v) is 4.79. The van der Waals surface area contributed by atoms with Crippen LogP contribution in [0, 0.1) is 5.82 Å². The number of halogens is 1. The molecule has 0 bridgehead atoms. The average molecular weight is 487 g/mol. The topological polar surface area (TPSA) is 70.2 Å². The summed E-state index contributed by atoms with van der Waals surface area (Å²) in [6, 6.07) is 20.3. The third kappa shape index (κ3) is 5.41. The SMILES string of the molecule is CC(C)Oc1ccc(-c2n[nH]c3ccc(C(=O)N[C@@H]4CCCN(Cc5ccccc5F)C4)cc23)cc1. The number of fused-ring (bicyclic) bond motifs is 1. The highest BCUT2D eigenvalue weighted by molar-refractivity contribution is 6.01. The number of likely N-dealkylation sites (tertiary alicyclic amines) is 1. The van der Waals surface area contributed by atoms with Gasteiger partial charge in [0.25, 0.3) is 5.91 Å². The molecule has 6 nitrogen and oxygen atoms in total. The van der Waals surface area contributed by atoms with Gasteiger partial charge < -0.3 is 10.1 Å². The molecule has 36 heavy (non-hydrogen) atoms. The molecule has 1 saturated heterocycles. The number of hydrogen-bond acceptors (Lipinski definition) is 4. The minimum atomic E-state index is -0.185. The summed E-state index contributed by atoms with van der Waals surface area (Å²) >= 11 is 0. The Labute approximate surface area is 210 Å². The molecule has 1 atom stereocenters. The molecule has 4 aromatic rings. The number of nitrogens with zero attached hydrogens (tertiary/aromatic N) is 2. The van der Waals surface area contributed by atoms with Crippen molar-refractivity contribution in [3.05, 3.63) is 83.7 Å². The first kappa shape index (κ1) is 24.0. The van der Waals surface area contributed by atoms with E-state index in [1.807, 2.05) is 68.4 Å². The maximum Gasteiger partial charge on any atom is 0.251 e. The summed E-state index contributed by atoms with van der Waals surface area (Å²) in [7, 11) is 0. The smallest absolute Gasteiger partial charge is 0.251 e. The van der Waals surface area contributed by atoms with Crippen LogP contribution >= 0.6 is 0 Å². The zero-order valence-corrected chi connectivity index (χ0v) is 20.6. The zero-order valence-electron chi connectivity index (χ0n) is 20.6. The quantitative estimate of drug-likeness (QED) is 0.359. The van der Waals surface area contributed by atoms with Gasteiger partial charge in [0.05, 0.1) is 17.3 Å². The van der Waals surface area contributed by atoms with Crippen LogP contribution in [0.2, 0.25) is 0 Å². The predicted molar refractivity (Wildman–Crippen MR) is 139 cm³/mol. The number of nitrogens with one attached hydrogen (secondary N) is 2. The van der Waals surface area contributed by atoms with E-state index in [1.54, 1.807) is 6.07 Å². The van der Waals surface area contributed by atoms with E-state index >= 15 is 0 Å². The second kappa shape index (κ2) is 10.5. The van der Waals surface area contributed by atoms with Crippen molar-refractivity contribution in [3.8, 4) is 17.0 Å². The van der Waals surface area contributed by atoms with E-state index in [0.717, 1.165) is 47.3 Å². The predicted octanol–water partition coefficient (Wildman–Crippen LogP) is 5.55. The molecule has 1 aliphatic rings. The van der Waals surface area contributed by atoms with Crippen molar-refractivity contribution in [3.63, 3.8) is 0 Å². The third-order valence-corrected chi connectivity index (χ3v) is 6.52. The number of benzene rings is 3. The third-order valence-electron chi connectivity index (χ3n) is 6.52. The van der Waals surface area contributed by atoms with Crippen molar-refractivity contribution in [2.45, 2.75) is 45.4 Å². The molecular weight excluding hydrogens is 455 g/mol. The van der Waals surface area contributed by atoms with Crippen LogP contribution in [-0.4, -0.2) is 46.2 Å². The van der Waals surface area contributed by atoms with Gasteiger partial charge in [0.2, 0.25) is 0 Å². The van der Waals surface area contributed by atoms with Crippen LogP contribution in [0.15, 0.2) is 66.7 Å². The van der Waals surface area contributed by atoms with Gasteiger partial charge in [0, 0.05) is 41.2 Å². The van der Waals surface area contributed by atoms with E-state index in [0.29, 0.717) is 24.2 Å². The Bertz CT molecular complexity index is 1350. The van der Waals surface area contributed by atoms with E-state index in [4.69, 9.17) is 4.74 Å². The van der Waals surface area contributed by atoms with Gasteiger partial charge in [-0.2, -0.15) is 5.10 Å². The van der Waals surface area contributed by atoms with Crippen molar-refractivity contribution in [1.29, 1.82) is 0 Å². The average Bonchev–Trinajstić information content (AvgIpc) is 3.29. The molecule has 186 valence electrons. The first-order valence-corrected chi connectivity index (χ1v) is 12.5. The second-order valence-corrected chi connectivity index (χ2v) is 9.66. The van der Waals surface area contributed by atoms with Gasteiger partial charge in [-0.3, -0.25) is 14.8 Å². The van der Waals surface area contributed by atoms with Crippen molar-refractivity contribution in [1.82, 2.24) is 20.4 Å². The molecule has 0 unspecified atom stereocenters. The van der Waals surface area contributed by atoms with Crippen LogP contribution in [0.5, 0.6) is 5.75 Å². The number of carbonyl (C=O) groups is 1. The summed E-state index contributed by atoms with van der Waals surface area (Å²) in [5, 5.41) is 11.6. The number of H-pyrrole nitrogens is 1. The standard InChI is InChI=1S/C29H31FN4O2/c1-19(2)36-24-12-9-20(10-13-24)28-25-16-21(11-14-27(25)32-33-28)29(35)31-23-7-5-15-34(18-23)17-22-6-3-4-8-26(22)30/h3-4,6,8-14,16,19,23H,5,7,15,17-18H2,1-2H3,(H,31,35)(H,32,33)/t23-/m1/s1. The number of aromatic nitrogens is 2. The molecular formula is C29H31FN4O2. The summed E-state index contributed by atoms with van der Waals surface area (Å²) in [6.07, 6.45) is 1.98. The molecule has 0 saturated carbocycles. The lowest BCUT2D eigenvalue weighted by Gasteiger charge is -2.33. The van der Waals surface area contributed by atoms with E-state index in [1.165, 1.54) is 6.07 Å². The molecule has 1 fully saturated rings. The van der Waals surface area contributed by atoms with Gasteiger partial charge in [-0.15, -0.1) is 0 Å². The maximum absolute atomic E-state index is 14.1. The van der Waals surface area contributed by atoms with Crippen LogP contribution < -0.4 is 10.1 Å². The molecule has 2 heterocycles. The Hall–Kier alpha value is -3.71. The van der Waals surface area contributed by atoms with Gasteiger partial charge in [0.1, 0.15) is 11.6 Å². The van der Waals surface area contributed by atoms with Gasteiger partial charge in [0.15, 0.2) is 0 Å². The maximum atomic E-state index is 14.1. The Balaban J connectivity index is 1.28. The first-order chi connectivity index (χ1) is 17.5. The minimum Gasteiger partial charge on any atom is -0.491 e. The fourth-order valence-electron chi connectivity index (χ4n) is 4.79. The Morgan fingerprint density at radius 3 is 2.75 bits per heavy atom. The summed E-state index contributed by atoms with van der Waals surface area (Å²) in [6.45, 7) is 6.13. The molecule has 0 spiro atoms. The number of carbonyl (C=O) groups excluding carboxylic acids is 1. The molecule has 0 radical (unpaired) electrons. The van der Waals surface area contributed by atoms with Gasteiger partial charge in [-0.1, -0.05) is 18.2 Å². The Morgan fingerprint density at radius 1 is 1.17 bits per heavy atom. The molecule has 2 N–H and O–H groups in total. The number of ether oxygens (including phenoxy) is 1. The van der Waals surface area contributed by atoms with Crippen LogP contribution in [0.1, 0.15) is 42.6 Å².